The Morgan fingerprint density at radius 3 is 2.32 bits per heavy atom. The van der Waals surface area contributed by atoms with Gasteiger partial charge in [-0.3, -0.25) is 0 Å². The maximum Gasteiger partial charge on any atom is 0.396 e. The molecule has 3 rings (SSSR count). The molecule has 1 fully saturated rings. The van der Waals surface area contributed by atoms with E-state index < -0.39 is 0 Å². The summed E-state index contributed by atoms with van der Waals surface area (Å²) < 4.78 is 28.0. The van der Waals surface area contributed by atoms with Crippen LogP contribution in [0.2, 0.25) is 0 Å². The summed E-state index contributed by atoms with van der Waals surface area (Å²) in [5, 5.41) is 0. The molecule has 2 aromatic rings. The van der Waals surface area contributed by atoms with Gasteiger partial charge in [0, 0.05) is 25.5 Å². The number of hydrogen-bond donors (Lipinski definition) is 0. The Bertz CT molecular complexity index is 951. The summed E-state index contributed by atoms with van der Waals surface area (Å²) >= 11 is 0. The van der Waals surface area contributed by atoms with Crippen molar-refractivity contribution in [2.24, 2.45) is 5.92 Å². The lowest BCUT2D eigenvalue weighted by molar-refractivity contribution is 0.273. The fourth-order valence-corrected chi connectivity index (χ4v) is 4.61. The monoisotopic (exact) mass is 467 g/mol. The average Bonchev–Trinajstić information content (AvgIpc) is 2.86. The first-order valence-electron chi connectivity index (χ1n) is 12.0. The van der Waals surface area contributed by atoms with Crippen LogP contribution in [0.1, 0.15) is 43.2 Å². The van der Waals surface area contributed by atoms with E-state index in [-0.39, 0.29) is 5.92 Å². The van der Waals surface area contributed by atoms with Gasteiger partial charge >= 0.3 is 7.62 Å². The molecule has 2 aromatic carbocycles. The fourth-order valence-electron chi connectivity index (χ4n) is 4.61. The number of piperidine rings is 1. The van der Waals surface area contributed by atoms with E-state index in [2.05, 4.69) is 42.6 Å². The molecule has 34 heavy (non-hydrogen) atoms. The van der Waals surface area contributed by atoms with Gasteiger partial charge in [-0.2, -0.15) is 0 Å². The summed E-state index contributed by atoms with van der Waals surface area (Å²) in [4.78, 5) is 2.25. The first-order chi connectivity index (χ1) is 16.5. The van der Waals surface area contributed by atoms with Crippen molar-refractivity contribution in [2.75, 3.05) is 41.6 Å². The van der Waals surface area contributed by atoms with Crippen LogP contribution in [-0.4, -0.2) is 54.0 Å². The molecule has 1 saturated heterocycles. The van der Waals surface area contributed by atoms with Crippen LogP contribution in [-0.2, 0) is 11.1 Å². The highest BCUT2D eigenvalue weighted by atomic mass is 16.5. The highest BCUT2D eigenvalue weighted by Gasteiger charge is 2.32. The molecule has 1 aliphatic heterocycles. The standard InChI is InChI=1S/C27H38BNO5/c1-7-8-13-34-25-11-9-20(15-26(25)31-4)14-22-16-23(18-29(19(22)2)28-33-6)21-10-12-24(30-3)27(17-21)32-5/h9-12,15,17,22-23,28H,2,7-8,13-14,16,18H2,1,3-6H3/t22?,23-/m1/s1. The molecule has 2 atom stereocenters. The van der Waals surface area contributed by atoms with Gasteiger partial charge in [-0.1, -0.05) is 32.1 Å². The molecule has 0 bridgehead atoms. The van der Waals surface area contributed by atoms with Crippen molar-refractivity contribution < 1.29 is 23.6 Å². The van der Waals surface area contributed by atoms with Gasteiger partial charge in [0.05, 0.1) is 27.9 Å². The molecule has 0 amide bonds. The molecule has 1 aliphatic rings. The van der Waals surface area contributed by atoms with E-state index in [4.69, 9.17) is 23.6 Å². The first-order valence-corrected chi connectivity index (χ1v) is 12.0. The van der Waals surface area contributed by atoms with Crippen LogP contribution in [0.3, 0.4) is 0 Å². The molecule has 0 radical (unpaired) electrons. The van der Waals surface area contributed by atoms with Crippen LogP contribution in [0.4, 0.5) is 0 Å². The number of benzene rings is 2. The van der Waals surface area contributed by atoms with E-state index in [1.165, 1.54) is 11.1 Å². The minimum atomic E-state index is 0.276. The lowest BCUT2D eigenvalue weighted by atomic mass is 9.78. The average molecular weight is 467 g/mol. The number of allylic oxidation sites excluding steroid dienone is 1. The second-order valence-electron chi connectivity index (χ2n) is 8.77. The van der Waals surface area contributed by atoms with E-state index in [0.717, 1.165) is 60.9 Å². The Hall–Kier alpha value is -2.80. The van der Waals surface area contributed by atoms with E-state index in [9.17, 15) is 0 Å². The highest BCUT2D eigenvalue weighted by Crippen LogP contribution is 2.40. The molecule has 0 saturated carbocycles. The van der Waals surface area contributed by atoms with Crippen LogP contribution in [0.25, 0.3) is 0 Å². The van der Waals surface area contributed by atoms with Crippen LogP contribution < -0.4 is 18.9 Å². The van der Waals surface area contributed by atoms with Gasteiger partial charge in [0.25, 0.3) is 0 Å². The van der Waals surface area contributed by atoms with Crippen LogP contribution >= 0.6 is 0 Å². The Labute approximate surface area is 205 Å². The van der Waals surface area contributed by atoms with Crippen molar-refractivity contribution in [3.8, 4) is 23.0 Å². The van der Waals surface area contributed by atoms with Gasteiger partial charge in [0.1, 0.15) is 0 Å². The SMILES string of the molecule is C=C1C(Cc2ccc(OCCCC)c(OC)c2)C[C@@H](c2ccc(OC)c(OC)c2)CN1BOC. The Morgan fingerprint density at radius 1 is 0.941 bits per heavy atom. The fraction of sp³-hybridized carbons (Fsp3) is 0.481. The zero-order valence-corrected chi connectivity index (χ0v) is 21.3. The van der Waals surface area contributed by atoms with Gasteiger partial charge in [-0.25, -0.2) is 0 Å². The summed E-state index contributed by atoms with van der Waals surface area (Å²) in [5.74, 6) is 3.67. The van der Waals surface area contributed by atoms with Gasteiger partial charge < -0.3 is 28.4 Å². The van der Waals surface area contributed by atoms with Crippen molar-refractivity contribution >= 4 is 7.62 Å². The minimum absolute atomic E-state index is 0.276. The topological polar surface area (TPSA) is 49.4 Å². The second kappa shape index (κ2) is 12.6. The third-order valence-electron chi connectivity index (χ3n) is 6.52. The molecule has 6 nitrogen and oxygen atoms in total. The van der Waals surface area contributed by atoms with Crippen LogP contribution in [0.5, 0.6) is 23.0 Å². The van der Waals surface area contributed by atoms with Gasteiger partial charge in [-0.15, -0.1) is 0 Å². The Kier molecular flexibility index (Phi) is 9.57. The van der Waals surface area contributed by atoms with Crippen molar-refractivity contribution in [3.63, 3.8) is 0 Å². The quantitative estimate of drug-likeness (QED) is 0.325. The summed E-state index contributed by atoms with van der Waals surface area (Å²) in [6.45, 7) is 8.14. The third-order valence-corrected chi connectivity index (χ3v) is 6.52. The molecule has 7 heteroatoms. The van der Waals surface area contributed by atoms with Gasteiger partial charge in [-0.05, 0) is 60.4 Å². The van der Waals surface area contributed by atoms with Gasteiger partial charge in [0.15, 0.2) is 23.0 Å². The summed E-state index contributed by atoms with van der Waals surface area (Å²) in [6.07, 6.45) is 3.99. The number of ether oxygens (including phenoxy) is 4. The maximum atomic E-state index is 5.91. The molecule has 1 heterocycles. The smallest absolute Gasteiger partial charge is 0.396 e. The lowest BCUT2D eigenvalue weighted by Gasteiger charge is -2.41. The molecular formula is C27H38BNO5. The molecule has 0 spiro atoms. The minimum Gasteiger partial charge on any atom is -0.493 e. The van der Waals surface area contributed by atoms with Crippen molar-refractivity contribution in [1.82, 2.24) is 4.81 Å². The molecule has 1 unspecified atom stereocenters. The second-order valence-corrected chi connectivity index (χ2v) is 8.77. The van der Waals surface area contributed by atoms with Crippen molar-refractivity contribution in [3.05, 3.63) is 59.8 Å². The lowest BCUT2D eigenvalue weighted by Crippen LogP contribution is -2.40. The largest absolute Gasteiger partial charge is 0.493 e. The number of methoxy groups -OCH3 is 3. The zero-order valence-electron chi connectivity index (χ0n) is 21.3. The van der Waals surface area contributed by atoms with Gasteiger partial charge in [0.2, 0.25) is 0 Å². The van der Waals surface area contributed by atoms with E-state index in [1.54, 1.807) is 28.4 Å². The van der Waals surface area contributed by atoms with E-state index in [0.29, 0.717) is 20.1 Å². The van der Waals surface area contributed by atoms with E-state index >= 15 is 0 Å². The number of nitrogens with zero attached hydrogens (tertiary/aromatic N) is 1. The predicted molar refractivity (Wildman–Crippen MR) is 137 cm³/mol. The molecule has 0 N–H and O–H groups in total. The van der Waals surface area contributed by atoms with Crippen molar-refractivity contribution in [1.29, 1.82) is 0 Å². The summed E-state index contributed by atoms with van der Waals surface area (Å²) in [7, 11) is 7.27. The maximum absolute atomic E-state index is 5.91. The Balaban J connectivity index is 1.81. The third kappa shape index (κ3) is 6.20. The van der Waals surface area contributed by atoms with Crippen molar-refractivity contribution in [2.45, 2.75) is 38.5 Å². The van der Waals surface area contributed by atoms with E-state index in [1.807, 2.05) is 12.1 Å². The Morgan fingerprint density at radius 2 is 1.65 bits per heavy atom. The number of rotatable bonds is 12. The molecule has 184 valence electrons. The highest BCUT2D eigenvalue weighted by molar-refractivity contribution is 6.24. The first kappa shape index (κ1) is 25.8. The molecule has 0 aliphatic carbocycles. The number of hydrogen-bond acceptors (Lipinski definition) is 6. The van der Waals surface area contributed by atoms with Crippen LogP contribution in [0, 0.1) is 5.92 Å². The van der Waals surface area contributed by atoms with Crippen LogP contribution in [0.15, 0.2) is 48.7 Å². The molecule has 0 aromatic heterocycles. The normalized spacial score (nSPS) is 17.9. The summed E-state index contributed by atoms with van der Waals surface area (Å²) in [5.41, 5.74) is 3.55. The zero-order chi connectivity index (χ0) is 24.5. The summed E-state index contributed by atoms with van der Waals surface area (Å²) in [6, 6.07) is 12.5. The number of unbranched alkanes of at least 4 members (excludes halogenated alkanes) is 1. The molecular weight excluding hydrogens is 429 g/mol. The predicted octanol–water partition coefficient (Wildman–Crippen LogP) is 4.97.